The molecule has 0 aromatic rings. The molecule has 4 atom stereocenters. The molecule has 1 aliphatic carbocycles. The van der Waals surface area contributed by atoms with Crippen LogP contribution in [0.15, 0.2) is 0 Å². The molecule has 0 amide bonds. The molecule has 0 bridgehead atoms. The minimum atomic E-state index is 0.195. The third-order valence-electron chi connectivity index (χ3n) is 5.87. The van der Waals surface area contributed by atoms with E-state index in [1.807, 2.05) is 0 Å². The quantitative estimate of drug-likeness (QED) is 0.205. The largest absolute Gasteiger partial charge is 0.396 e. The van der Waals surface area contributed by atoms with Crippen LogP contribution in [-0.2, 0) is 28.4 Å². The van der Waals surface area contributed by atoms with Crippen LogP contribution in [0.4, 0.5) is 0 Å². The van der Waals surface area contributed by atoms with Crippen molar-refractivity contribution >= 4 is 0 Å². The van der Waals surface area contributed by atoms with Crippen LogP contribution in [0.5, 0.6) is 0 Å². The summed E-state index contributed by atoms with van der Waals surface area (Å²) < 4.78 is 30.2. The summed E-state index contributed by atoms with van der Waals surface area (Å²) in [4.78, 5) is 0. The van der Waals surface area contributed by atoms with Gasteiger partial charge in [-0.1, -0.05) is 0 Å². The molecule has 4 saturated heterocycles. The molecule has 0 spiro atoms. The zero-order valence-corrected chi connectivity index (χ0v) is 20.4. The second-order valence-electron chi connectivity index (χ2n) is 9.30. The van der Waals surface area contributed by atoms with Gasteiger partial charge in [0.25, 0.3) is 0 Å². The molecule has 202 valence electrons. The molecule has 0 radical (unpaired) electrons. The van der Waals surface area contributed by atoms with Crippen LogP contribution in [-0.4, -0.2) is 124 Å². The van der Waals surface area contributed by atoms with E-state index in [9.17, 15) is 0 Å². The summed E-state index contributed by atoms with van der Waals surface area (Å²) in [6, 6.07) is 0. The first-order chi connectivity index (χ1) is 16.7. The van der Waals surface area contributed by atoms with Gasteiger partial charge in [-0.15, -0.1) is 0 Å². The number of hydrogen-bond acceptors (Lipinski definition) is 10. The van der Waals surface area contributed by atoms with Crippen LogP contribution in [0.2, 0.25) is 0 Å². The van der Waals surface area contributed by atoms with Gasteiger partial charge in [0.05, 0.1) is 52.9 Å². The van der Waals surface area contributed by atoms with Crippen molar-refractivity contribution in [3.05, 3.63) is 0 Å². The molecule has 5 fully saturated rings. The van der Waals surface area contributed by atoms with Crippen molar-refractivity contribution in [1.29, 1.82) is 0 Å². The van der Waals surface area contributed by atoms with Gasteiger partial charge in [-0.3, -0.25) is 0 Å². The van der Waals surface area contributed by atoms with Crippen molar-refractivity contribution in [3.63, 3.8) is 0 Å². The Hall–Kier alpha value is -0.400. The van der Waals surface area contributed by atoms with Gasteiger partial charge in [-0.05, 0) is 50.4 Å². The number of aliphatic hydroxyl groups excluding tert-OH is 4. The van der Waals surface area contributed by atoms with Crippen molar-refractivity contribution in [2.45, 2.75) is 62.9 Å². The molecule has 5 rings (SSSR count). The summed E-state index contributed by atoms with van der Waals surface area (Å²) in [5.41, 5.74) is 0. The second-order valence-corrected chi connectivity index (χ2v) is 9.30. The van der Waals surface area contributed by atoms with Crippen molar-refractivity contribution < 1.29 is 48.8 Å². The Kier molecular flexibility index (Phi) is 16.5. The maximum atomic E-state index is 8.79. The molecular formula is C24H46O10. The molecule has 5 aliphatic rings. The molecular weight excluding hydrogens is 448 g/mol. The molecule has 4 aliphatic heterocycles. The Labute approximate surface area is 203 Å². The van der Waals surface area contributed by atoms with Gasteiger partial charge < -0.3 is 48.8 Å². The number of epoxide rings is 4. The van der Waals surface area contributed by atoms with Crippen LogP contribution in [0.1, 0.15) is 38.5 Å². The highest BCUT2D eigenvalue weighted by Gasteiger charge is 2.27. The number of aliphatic hydroxyl groups is 4. The lowest BCUT2D eigenvalue weighted by Crippen LogP contribution is -2.19. The summed E-state index contributed by atoms with van der Waals surface area (Å²) in [5, 5.41) is 33.7. The lowest BCUT2D eigenvalue weighted by atomic mass is 9.83. The van der Waals surface area contributed by atoms with E-state index in [-0.39, 0.29) is 13.2 Å². The lowest BCUT2D eigenvalue weighted by Gasteiger charge is -2.25. The zero-order valence-electron chi connectivity index (χ0n) is 20.4. The fourth-order valence-electron chi connectivity index (χ4n) is 3.14. The fourth-order valence-corrected chi connectivity index (χ4v) is 3.14. The topological polar surface area (TPSA) is 150 Å². The first kappa shape index (κ1) is 29.8. The monoisotopic (exact) mass is 494 g/mol. The van der Waals surface area contributed by atoms with Gasteiger partial charge in [0.1, 0.15) is 24.4 Å². The Balaban J connectivity index is 0.000000163. The average Bonchev–Trinajstić information content (AvgIpc) is 3.68. The van der Waals surface area contributed by atoms with E-state index < -0.39 is 0 Å². The van der Waals surface area contributed by atoms with Crippen LogP contribution in [0.3, 0.4) is 0 Å². The summed E-state index contributed by atoms with van der Waals surface area (Å²) in [6.07, 6.45) is 7.40. The van der Waals surface area contributed by atoms with E-state index in [1.165, 1.54) is 0 Å². The van der Waals surface area contributed by atoms with E-state index in [1.54, 1.807) is 0 Å². The SMILES string of the molecule is C(OCC1CO1)C1CO1.C(OCC1CO1)C1CO1.OCC1CCC(CO)CC1.OCCCCO. The van der Waals surface area contributed by atoms with E-state index in [4.69, 9.17) is 48.8 Å². The molecule has 4 heterocycles. The third kappa shape index (κ3) is 18.0. The Bertz CT molecular complexity index is 393. The second kappa shape index (κ2) is 18.8. The van der Waals surface area contributed by atoms with Gasteiger partial charge in [0.2, 0.25) is 0 Å². The number of hydrogen-bond donors (Lipinski definition) is 4. The van der Waals surface area contributed by atoms with Crippen molar-refractivity contribution in [1.82, 2.24) is 0 Å². The van der Waals surface area contributed by atoms with E-state index in [2.05, 4.69) is 0 Å². The smallest absolute Gasteiger partial charge is 0.104 e. The van der Waals surface area contributed by atoms with Gasteiger partial charge in [-0.25, -0.2) is 0 Å². The van der Waals surface area contributed by atoms with Crippen molar-refractivity contribution in [2.75, 3.05) is 79.3 Å². The highest BCUT2D eigenvalue weighted by Crippen LogP contribution is 2.27. The predicted octanol–water partition coefficient (Wildman–Crippen LogP) is 0.130. The van der Waals surface area contributed by atoms with E-state index in [0.29, 0.717) is 49.5 Å². The molecule has 4 unspecified atom stereocenters. The van der Waals surface area contributed by atoms with Gasteiger partial charge in [-0.2, -0.15) is 0 Å². The molecule has 10 nitrogen and oxygen atoms in total. The summed E-state index contributed by atoms with van der Waals surface area (Å²) >= 11 is 0. The summed E-state index contributed by atoms with van der Waals surface area (Å²) in [5.74, 6) is 1.03. The maximum Gasteiger partial charge on any atom is 0.104 e. The van der Waals surface area contributed by atoms with Crippen LogP contribution >= 0.6 is 0 Å². The molecule has 0 aromatic heterocycles. The van der Waals surface area contributed by atoms with Gasteiger partial charge in [0.15, 0.2) is 0 Å². The summed E-state index contributed by atoms with van der Waals surface area (Å²) in [7, 11) is 0. The molecule has 1 saturated carbocycles. The standard InChI is InChI=1S/C8H16O2.2C6H10O3.C4H10O2/c9-5-7-1-2-8(6-10)4-3-7;2*1(5-3-8-5)7-2-6-4-9-6;5-3-1-2-4-6/h7-10H,1-6H2;2*5-6H,1-4H2;5-6H,1-4H2. The van der Waals surface area contributed by atoms with Crippen LogP contribution < -0.4 is 0 Å². The fraction of sp³-hybridized carbons (Fsp3) is 1.00. The Morgan fingerprint density at radius 3 is 0.941 bits per heavy atom. The Morgan fingerprint density at radius 2 is 0.765 bits per heavy atom. The normalized spacial score (nSPS) is 32.1. The minimum absolute atomic E-state index is 0.195. The zero-order chi connectivity index (χ0) is 24.4. The third-order valence-corrected chi connectivity index (χ3v) is 5.87. The number of rotatable bonds is 13. The van der Waals surface area contributed by atoms with Crippen LogP contribution in [0, 0.1) is 11.8 Å². The van der Waals surface area contributed by atoms with Crippen molar-refractivity contribution in [2.24, 2.45) is 11.8 Å². The van der Waals surface area contributed by atoms with Gasteiger partial charge in [0, 0.05) is 26.4 Å². The predicted molar refractivity (Wildman–Crippen MR) is 124 cm³/mol. The minimum Gasteiger partial charge on any atom is -0.396 e. The number of ether oxygens (including phenoxy) is 6. The van der Waals surface area contributed by atoms with Crippen molar-refractivity contribution in [3.8, 4) is 0 Å². The average molecular weight is 495 g/mol. The Morgan fingerprint density at radius 1 is 0.500 bits per heavy atom. The highest BCUT2D eigenvalue weighted by atomic mass is 16.6. The molecule has 4 N–H and O–H groups in total. The first-order valence-electron chi connectivity index (χ1n) is 12.7. The molecule has 34 heavy (non-hydrogen) atoms. The maximum absolute atomic E-state index is 8.79. The van der Waals surface area contributed by atoms with Crippen LogP contribution in [0.25, 0.3) is 0 Å². The lowest BCUT2D eigenvalue weighted by molar-refractivity contribution is 0.102. The molecule has 10 heteroatoms. The summed E-state index contributed by atoms with van der Waals surface area (Å²) in [6.45, 7) is 7.57. The van der Waals surface area contributed by atoms with E-state index >= 15 is 0 Å². The van der Waals surface area contributed by atoms with E-state index in [0.717, 1.165) is 91.4 Å². The first-order valence-corrected chi connectivity index (χ1v) is 12.7. The van der Waals surface area contributed by atoms with Gasteiger partial charge >= 0.3 is 0 Å². The molecule has 0 aromatic carbocycles. The number of unbranched alkanes of at least 4 members (excludes halogenated alkanes) is 1. The highest BCUT2D eigenvalue weighted by molar-refractivity contribution is 4.72.